The van der Waals surface area contributed by atoms with Crippen molar-refractivity contribution in [1.82, 2.24) is 19.4 Å². The molecular formula is C21H21N5S. The van der Waals surface area contributed by atoms with Crippen LogP contribution in [0.5, 0.6) is 0 Å². The summed E-state index contributed by atoms with van der Waals surface area (Å²) >= 11 is 1.55. The Bertz CT molecular complexity index is 1080. The standard InChI is InChI=1S/C21H21N5S/c1-3-25-15-17(18-11-7-8-12-19(18)25)14-22-26-20(23-24-21(26)27-2)13-16-9-5-4-6-10-16/h4-12,14-15H,3,13H2,1-2H3/b22-14-. The van der Waals surface area contributed by atoms with E-state index >= 15 is 0 Å². The number of aryl methyl sites for hydroxylation is 1. The topological polar surface area (TPSA) is 48.0 Å². The minimum Gasteiger partial charge on any atom is -0.347 e. The van der Waals surface area contributed by atoms with Crippen LogP contribution in [0.2, 0.25) is 0 Å². The van der Waals surface area contributed by atoms with Crippen molar-refractivity contribution in [2.75, 3.05) is 6.26 Å². The van der Waals surface area contributed by atoms with Crippen molar-refractivity contribution in [3.05, 3.63) is 77.7 Å². The summed E-state index contributed by atoms with van der Waals surface area (Å²) < 4.78 is 4.08. The zero-order chi connectivity index (χ0) is 18.6. The summed E-state index contributed by atoms with van der Waals surface area (Å²) in [5.41, 5.74) is 3.51. The molecule has 0 fully saturated rings. The van der Waals surface area contributed by atoms with Gasteiger partial charge in [0.1, 0.15) is 0 Å². The molecule has 0 aliphatic carbocycles. The number of para-hydroxylation sites is 1. The summed E-state index contributed by atoms with van der Waals surface area (Å²) in [6.45, 7) is 3.08. The van der Waals surface area contributed by atoms with Gasteiger partial charge in [0.15, 0.2) is 5.82 Å². The van der Waals surface area contributed by atoms with Gasteiger partial charge in [-0.1, -0.05) is 60.3 Å². The van der Waals surface area contributed by atoms with Crippen LogP contribution >= 0.6 is 11.8 Å². The normalized spacial score (nSPS) is 11.6. The van der Waals surface area contributed by atoms with Crippen molar-refractivity contribution in [3.63, 3.8) is 0 Å². The Kier molecular flexibility index (Phi) is 5.07. The van der Waals surface area contributed by atoms with Crippen molar-refractivity contribution in [1.29, 1.82) is 0 Å². The van der Waals surface area contributed by atoms with E-state index in [2.05, 4.69) is 64.3 Å². The summed E-state index contributed by atoms with van der Waals surface area (Å²) in [4.78, 5) is 0. The lowest BCUT2D eigenvalue weighted by Gasteiger charge is -2.03. The van der Waals surface area contributed by atoms with Gasteiger partial charge in [-0.15, -0.1) is 10.2 Å². The molecule has 27 heavy (non-hydrogen) atoms. The summed E-state index contributed by atoms with van der Waals surface area (Å²) in [6, 6.07) is 18.7. The van der Waals surface area contributed by atoms with Crippen LogP contribution in [0.3, 0.4) is 0 Å². The molecule has 0 radical (unpaired) electrons. The van der Waals surface area contributed by atoms with E-state index in [1.165, 1.54) is 16.5 Å². The molecule has 0 unspecified atom stereocenters. The average Bonchev–Trinajstić information content (AvgIpc) is 3.27. The van der Waals surface area contributed by atoms with Crippen LogP contribution in [0.25, 0.3) is 10.9 Å². The molecule has 4 rings (SSSR count). The zero-order valence-corrected chi connectivity index (χ0v) is 16.2. The van der Waals surface area contributed by atoms with Crippen LogP contribution in [0.1, 0.15) is 23.9 Å². The maximum atomic E-state index is 4.73. The maximum absolute atomic E-state index is 4.73. The Morgan fingerprint density at radius 2 is 1.81 bits per heavy atom. The number of nitrogens with zero attached hydrogens (tertiary/aromatic N) is 5. The van der Waals surface area contributed by atoms with E-state index in [1.807, 2.05) is 35.3 Å². The molecule has 0 aliphatic rings. The molecule has 6 heteroatoms. The molecule has 2 heterocycles. The van der Waals surface area contributed by atoms with Crippen LogP contribution in [-0.2, 0) is 13.0 Å². The number of thioether (sulfide) groups is 1. The van der Waals surface area contributed by atoms with Gasteiger partial charge in [0.2, 0.25) is 5.16 Å². The second-order valence-electron chi connectivity index (χ2n) is 6.21. The number of rotatable bonds is 6. The molecule has 0 aliphatic heterocycles. The minimum absolute atomic E-state index is 0.697. The Morgan fingerprint density at radius 1 is 1.04 bits per heavy atom. The molecule has 5 nitrogen and oxygen atoms in total. The van der Waals surface area contributed by atoms with Gasteiger partial charge in [-0.25, -0.2) is 0 Å². The number of benzene rings is 2. The molecular weight excluding hydrogens is 354 g/mol. The largest absolute Gasteiger partial charge is 0.347 e. The second kappa shape index (κ2) is 7.80. The highest BCUT2D eigenvalue weighted by Gasteiger charge is 2.12. The van der Waals surface area contributed by atoms with E-state index in [1.54, 1.807) is 11.8 Å². The van der Waals surface area contributed by atoms with Crippen molar-refractivity contribution in [2.45, 2.75) is 25.0 Å². The molecule has 2 aromatic carbocycles. The summed E-state index contributed by atoms with van der Waals surface area (Å²) in [5, 5.41) is 15.4. The summed E-state index contributed by atoms with van der Waals surface area (Å²) in [6.07, 6.45) is 6.74. The number of aromatic nitrogens is 4. The zero-order valence-electron chi connectivity index (χ0n) is 15.4. The third kappa shape index (κ3) is 3.53. The lowest BCUT2D eigenvalue weighted by atomic mass is 10.1. The smallest absolute Gasteiger partial charge is 0.211 e. The first kappa shape index (κ1) is 17.5. The molecule has 0 atom stereocenters. The van der Waals surface area contributed by atoms with Crippen molar-refractivity contribution < 1.29 is 0 Å². The van der Waals surface area contributed by atoms with E-state index in [0.29, 0.717) is 6.42 Å². The SMILES string of the molecule is CCn1cc(/C=N\n2c(Cc3ccccc3)nnc2SC)c2ccccc21. The predicted octanol–water partition coefficient (Wildman–Crippen LogP) is 4.45. The highest BCUT2D eigenvalue weighted by molar-refractivity contribution is 7.98. The van der Waals surface area contributed by atoms with Crippen LogP contribution in [0.4, 0.5) is 0 Å². The molecule has 0 bridgehead atoms. The number of hydrogen-bond donors (Lipinski definition) is 0. The third-order valence-electron chi connectivity index (χ3n) is 4.54. The van der Waals surface area contributed by atoms with E-state index in [9.17, 15) is 0 Å². The monoisotopic (exact) mass is 375 g/mol. The second-order valence-corrected chi connectivity index (χ2v) is 6.98. The minimum atomic E-state index is 0.697. The van der Waals surface area contributed by atoms with Gasteiger partial charge >= 0.3 is 0 Å². The van der Waals surface area contributed by atoms with Crippen molar-refractivity contribution >= 4 is 28.9 Å². The first-order valence-electron chi connectivity index (χ1n) is 8.94. The van der Waals surface area contributed by atoms with Crippen molar-refractivity contribution in [3.8, 4) is 0 Å². The van der Waals surface area contributed by atoms with E-state index in [4.69, 9.17) is 5.10 Å². The molecule has 0 N–H and O–H groups in total. The molecule has 136 valence electrons. The molecule has 0 saturated heterocycles. The fraction of sp³-hybridized carbons (Fsp3) is 0.190. The summed E-state index contributed by atoms with van der Waals surface area (Å²) in [7, 11) is 0. The van der Waals surface area contributed by atoms with Gasteiger partial charge in [0, 0.05) is 35.6 Å². The number of fused-ring (bicyclic) bond motifs is 1. The molecule has 2 aromatic heterocycles. The van der Waals surface area contributed by atoms with Crippen LogP contribution < -0.4 is 0 Å². The van der Waals surface area contributed by atoms with E-state index in [-0.39, 0.29) is 0 Å². The first-order valence-corrected chi connectivity index (χ1v) is 10.2. The van der Waals surface area contributed by atoms with Crippen molar-refractivity contribution in [2.24, 2.45) is 5.10 Å². The molecule has 4 aromatic rings. The van der Waals surface area contributed by atoms with Gasteiger partial charge in [-0.3, -0.25) is 0 Å². The van der Waals surface area contributed by atoms with Crippen LogP contribution in [0.15, 0.2) is 71.1 Å². The summed E-state index contributed by atoms with van der Waals surface area (Å²) in [5.74, 6) is 0.834. The highest BCUT2D eigenvalue weighted by Crippen LogP contribution is 2.21. The third-order valence-corrected chi connectivity index (χ3v) is 5.16. The first-order chi connectivity index (χ1) is 13.3. The number of hydrogen-bond acceptors (Lipinski definition) is 4. The Morgan fingerprint density at radius 3 is 2.59 bits per heavy atom. The van der Waals surface area contributed by atoms with Gasteiger partial charge < -0.3 is 4.57 Å². The Balaban J connectivity index is 1.71. The average molecular weight is 376 g/mol. The van der Waals surface area contributed by atoms with Crippen LogP contribution in [0, 0.1) is 0 Å². The fourth-order valence-corrected chi connectivity index (χ4v) is 3.64. The van der Waals surface area contributed by atoms with E-state index < -0.39 is 0 Å². The van der Waals surface area contributed by atoms with Gasteiger partial charge in [-0.05, 0) is 24.8 Å². The van der Waals surface area contributed by atoms with E-state index in [0.717, 1.165) is 23.1 Å². The fourth-order valence-electron chi connectivity index (χ4n) is 3.19. The molecule has 0 saturated carbocycles. The molecule has 0 amide bonds. The van der Waals surface area contributed by atoms with Crippen LogP contribution in [-0.4, -0.2) is 31.9 Å². The molecule has 0 spiro atoms. The maximum Gasteiger partial charge on any atom is 0.211 e. The highest BCUT2D eigenvalue weighted by atomic mass is 32.2. The Hall–Kier alpha value is -2.86. The van der Waals surface area contributed by atoms with Gasteiger partial charge in [0.05, 0.1) is 6.21 Å². The predicted molar refractivity (Wildman–Crippen MR) is 112 cm³/mol. The lowest BCUT2D eigenvalue weighted by molar-refractivity contribution is 0.729. The van der Waals surface area contributed by atoms with Gasteiger partial charge in [0.25, 0.3) is 0 Å². The lowest BCUT2D eigenvalue weighted by Crippen LogP contribution is -2.01. The van der Waals surface area contributed by atoms with Gasteiger partial charge in [-0.2, -0.15) is 9.78 Å². The Labute approximate surface area is 162 Å². The quantitative estimate of drug-likeness (QED) is 0.370.